The lowest BCUT2D eigenvalue weighted by Gasteiger charge is -2.10. The van der Waals surface area contributed by atoms with Gasteiger partial charge in [0.05, 0.1) is 13.7 Å². The zero-order valence-corrected chi connectivity index (χ0v) is 13.3. The first-order chi connectivity index (χ1) is 10.8. The molecule has 0 saturated heterocycles. The molecule has 4 heteroatoms. The van der Waals surface area contributed by atoms with Crippen molar-refractivity contribution in [2.24, 2.45) is 0 Å². The van der Waals surface area contributed by atoms with Crippen LogP contribution in [0.2, 0.25) is 0 Å². The summed E-state index contributed by atoms with van der Waals surface area (Å²) in [5, 5.41) is 6.80. The van der Waals surface area contributed by atoms with Crippen molar-refractivity contribution in [3.05, 3.63) is 54.1 Å². The highest BCUT2D eigenvalue weighted by atomic mass is 16.5. The predicted molar refractivity (Wildman–Crippen MR) is 90.8 cm³/mol. The summed E-state index contributed by atoms with van der Waals surface area (Å²) in [4.78, 5) is 0. The molecule has 2 aromatic rings. The summed E-state index contributed by atoms with van der Waals surface area (Å²) in [6, 6.07) is 16.1. The fourth-order valence-electron chi connectivity index (χ4n) is 2.13. The molecule has 4 nitrogen and oxygen atoms in total. The molecule has 0 atom stereocenters. The lowest BCUT2D eigenvalue weighted by molar-refractivity contribution is 0.340. The number of hydrogen-bond donors (Lipinski definition) is 2. The lowest BCUT2D eigenvalue weighted by Crippen LogP contribution is -2.21. The highest BCUT2D eigenvalue weighted by Crippen LogP contribution is 2.16. The van der Waals surface area contributed by atoms with Crippen molar-refractivity contribution in [2.45, 2.75) is 13.5 Å². The molecule has 0 amide bonds. The minimum absolute atomic E-state index is 0.687. The molecule has 0 heterocycles. The van der Waals surface area contributed by atoms with Crippen LogP contribution >= 0.6 is 0 Å². The Kier molecular flexibility index (Phi) is 6.58. The standard InChI is InChI=1S/C18H24N2O2/c1-3-22-18-6-4-5-16(13-18)20-12-11-19-14-15-7-9-17(21-2)10-8-15/h4-10,13,19-20H,3,11-12,14H2,1-2H3. The summed E-state index contributed by atoms with van der Waals surface area (Å²) in [5.41, 5.74) is 2.33. The van der Waals surface area contributed by atoms with Crippen molar-refractivity contribution in [3.8, 4) is 11.5 Å². The van der Waals surface area contributed by atoms with Gasteiger partial charge in [0.25, 0.3) is 0 Å². The number of hydrogen-bond acceptors (Lipinski definition) is 4. The zero-order valence-electron chi connectivity index (χ0n) is 13.3. The average molecular weight is 300 g/mol. The van der Waals surface area contributed by atoms with Gasteiger partial charge in [-0.05, 0) is 36.8 Å². The van der Waals surface area contributed by atoms with E-state index < -0.39 is 0 Å². The highest BCUT2D eigenvalue weighted by Gasteiger charge is 1.97. The SMILES string of the molecule is CCOc1cccc(NCCNCc2ccc(OC)cc2)c1. The predicted octanol–water partition coefficient (Wildman–Crippen LogP) is 3.30. The largest absolute Gasteiger partial charge is 0.497 e. The van der Waals surface area contributed by atoms with Crippen LogP contribution in [0.1, 0.15) is 12.5 Å². The Bertz CT molecular complexity index is 555. The molecule has 22 heavy (non-hydrogen) atoms. The Balaban J connectivity index is 1.67. The van der Waals surface area contributed by atoms with E-state index >= 15 is 0 Å². The van der Waals surface area contributed by atoms with Crippen LogP contribution in [0.15, 0.2) is 48.5 Å². The molecule has 0 aliphatic heterocycles. The number of ether oxygens (including phenoxy) is 2. The molecule has 0 aliphatic carbocycles. The normalized spacial score (nSPS) is 10.3. The highest BCUT2D eigenvalue weighted by molar-refractivity contribution is 5.48. The van der Waals surface area contributed by atoms with Crippen LogP contribution in [0.5, 0.6) is 11.5 Å². The number of benzene rings is 2. The monoisotopic (exact) mass is 300 g/mol. The maximum atomic E-state index is 5.48. The van der Waals surface area contributed by atoms with Gasteiger partial charge in [0.1, 0.15) is 11.5 Å². The van der Waals surface area contributed by atoms with Gasteiger partial charge in [-0.15, -0.1) is 0 Å². The summed E-state index contributed by atoms with van der Waals surface area (Å²) in [6.07, 6.45) is 0. The second-order valence-electron chi connectivity index (χ2n) is 4.91. The first-order valence-corrected chi connectivity index (χ1v) is 7.62. The summed E-state index contributed by atoms with van der Waals surface area (Å²) >= 11 is 0. The van der Waals surface area contributed by atoms with E-state index in [0.717, 1.165) is 36.8 Å². The molecule has 2 N–H and O–H groups in total. The van der Waals surface area contributed by atoms with E-state index in [2.05, 4.69) is 22.8 Å². The van der Waals surface area contributed by atoms with Gasteiger partial charge >= 0.3 is 0 Å². The van der Waals surface area contributed by atoms with E-state index in [4.69, 9.17) is 9.47 Å². The summed E-state index contributed by atoms with van der Waals surface area (Å²) in [6.45, 7) is 5.29. The third-order valence-electron chi connectivity index (χ3n) is 3.26. The Morgan fingerprint density at radius 2 is 1.77 bits per heavy atom. The maximum absolute atomic E-state index is 5.48. The third-order valence-corrected chi connectivity index (χ3v) is 3.26. The molecule has 0 unspecified atom stereocenters. The van der Waals surface area contributed by atoms with Crippen molar-refractivity contribution in [1.82, 2.24) is 5.32 Å². The third kappa shape index (κ3) is 5.30. The van der Waals surface area contributed by atoms with E-state index in [1.807, 2.05) is 43.3 Å². The molecular weight excluding hydrogens is 276 g/mol. The maximum Gasteiger partial charge on any atom is 0.121 e. The molecule has 0 aromatic heterocycles. The molecule has 0 saturated carbocycles. The first kappa shape index (κ1) is 16.2. The lowest BCUT2D eigenvalue weighted by atomic mass is 10.2. The molecule has 2 rings (SSSR count). The minimum Gasteiger partial charge on any atom is -0.497 e. The minimum atomic E-state index is 0.687. The first-order valence-electron chi connectivity index (χ1n) is 7.62. The Morgan fingerprint density at radius 1 is 0.955 bits per heavy atom. The molecule has 0 fully saturated rings. The van der Waals surface area contributed by atoms with Crippen LogP contribution in [0, 0.1) is 0 Å². The van der Waals surface area contributed by atoms with Gasteiger partial charge in [0.2, 0.25) is 0 Å². The van der Waals surface area contributed by atoms with Crippen LogP contribution in [0.3, 0.4) is 0 Å². The summed E-state index contributed by atoms with van der Waals surface area (Å²) in [5.74, 6) is 1.79. The molecule has 2 aromatic carbocycles. The van der Waals surface area contributed by atoms with Crippen molar-refractivity contribution < 1.29 is 9.47 Å². The smallest absolute Gasteiger partial charge is 0.121 e. The van der Waals surface area contributed by atoms with Gasteiger partial charge < -0.3 is 20.1 Å². The van der Waals surface area contributed by atoms with E-state index in [0.29, 0.717) is 6.61 Å². The van der Waals surface area contributed by atoms with Gasteiger partial charge in [-0.1, -0.05) is 18.2 Å². The molecular formula is C18H24N2O2. The van der Waals surface area contributed by atoms with Gasteiger partial charge in [-0.25, -0.2) is 0 Å². The van der Waals surface area contributed by atoms with Gasteiger partial charge in [0.15, 0.2) is 0 Å². The topological polar surface area (TPSA) is 42.5 Å². The van der Waals surface area contributed by atoms with Crippen LogP contribution in [0.4, 0.5) is 5.69 Å². The zero-order chi connectivity index (χ0) is 15.6. The van der Waals surface area contributed by atoms with E-state index in [9.17, 15) is 0 Å². The Morgan fingerprint density at radius 3 is 2.50 bits per heavy atom. The number of nitrogens with one attached hydrogen (secondary N) is 2. The molecule has 118 valence electrons. The van der Waals surface area contributed by atoms with Crippen molar-refractivity contribution in [2.75, 3.05) is 32.1 Å². The van der Waals surface area contributed by atoms with Crippen molar-refractivity contribution >= 4 is 5.69 Å². The van der Waals surface area contributed by atoms with Crippen LogP contribution < -0.4 is 20.1 Å². The second-order valence-corrected chi connectivity index (χ2v) is 4.91. The molecule has 0 bridgehead atoms. The van der Waals surface area contributed by atoms with Crippen LogP contribution in [-0.4, -0.2) is 26.8 Å². The molecule has 0 spiro atoms. The van der Waals surface area contributed by atoms with E-state index in [1.54, 1.807) is 7.11 Å². The second kappa shape index (κ2) is 8.95. The quantitative estimate of drug-likeness (QED) is 0.697. The van der Waals surface area contributed by atoms with Gasteiger partial charge in [0, 0.05) is 31.4 Å². The van der Waals surface area contributed by atoms with E-state index in [-0.39, 0.29) is 0 Å². The number of rotatable bonds is 9. The number of methoxy groups -OCH3 is 1. The van der Waals surface area contributed by atoms with Gasteiger partial charge in [-0.3, -0.25) is 0 Å². The average Bonchev–Trinajstić information content (AvgIpc) is 2.56. The fourth-order valence-corrected chi connectivity index (χ4v) is 2.13. The summed E-state index contributed by atoms with van der Waals surface area (Å²) in [7, 11) is 1.68. The summed E-state index contributed by atoms with van der Waals surface area (Å²) < 4.78 is 10.6. The number of anilines is 1. The van der Waals surface area contributed by atoms with Crippen molar-refractivity contribution in [1.29, 1.82) is 0 Å². The Hall–Kier alpha value is -2.20. The molecule has 0 aliphatic rings. The molecule has 0 radical (unpaired) electrons. The van der Waals surface area contributed by atoms with Crippen LogP contribution in [-0.2, 0) is 6.54 Å². The van der Waals surface area contributed by atoms with E-state index in [1.165, 1.54) is 5.56 Å². The Labute approximate surface area is 132 Å². The fraction of sp³-hybridized carbons (Fsp3) is 0.333. The van der Waals surface area contributed by atoms with Crippen molar-refractivity contribution in [3.63, 3.8) is 0 Å². The van der Waals surface area contributed by atoms with Crippen LogP contribution in [0.25, 0.3) is 0 Å². The van der Waals surface area contributed by atoms with Gasteiger partial charge in [-0.2, -0.15) is 0 Å².